The molecule has 0 N–H and O–H groups in total. The SMILES string of the molecule is COC(=O)C(C(=O)Cc1c(C)n(C(=O)c2ccc(Cl)cc2)c2ccc(OC)cc12)C(=O)OC. The summed E-state index contributed by atoms with van der Waals surface area (Å²) in [5.74, 6) is -4.26. The van der Waals surface area contributed by atoms with Gasteiger partial charge in [0.25, 0.3) is 5.91 Å². The van der Waals surface area contributed by atoms with Crippen molar-refractivity contribution in [3.63, 3.8) is 0 Å². The maximum atomic E-state index is 13.3. The van der Waals surface area contributed by atoms with Crippen LogP contribution in [0.5, 0.6) is 5.75 Å². The van der Waals surface area contributed by atoms with Crippen LogP contribution in [0.3, 0.4) is 0 Å². The predicted octanol–water partition coefficient (Wildman–Crippen LogP) is 3.37. The van der Waals surface area contributed by atoms with Gasteiger partial charge in [-0.3, -0.25) is 23.7 Å². The van der Waals surface area contributed by atoms with E-state index in [1.807, 2.05) is 0 Å². The minimum Gasteiger partial charge on any atom is -0.497 e. The zero-order valence-electron chi connectivity index (χ0n) is 18.5. The molecule has 172 valence electrons. The smallest absolute Gasteiger partial charge is 0.327 e. The number of hydrogen-bond donors (Lipinski definition) is 0. The Morgan fingerprint density at radius 2 is 1.55 bits per heavy atom. The molecular formula is C24H22ClNO7. The van der Waals surface area contributed by atoms with E-state index in [2.05, 4.69) is 9.47 Å². The third kappa shape index (κ3) is 4.61. The summed E-state index contributed by atoms with van der Waals surface area (Å²) in [4.78, 5) is 50.5. The lowest BCUT2D eigenvalue weighted by Crippen LogP contribution is -2.34. The molecule has 3 rings (SSSR count). The summed E-state index contributed by atoms with van der Waals surface area (Å²) in [5.41, 5.74) is 1.91. The molecule has 1 aromatic heterocycles. The highest BCUT2D eigenvalue weighted by Crippen LogP contribution is 2.31. The Labute approximate surface area is 195 Å². The minimum absolute atomic E-state index is 0.300. The molecule has 0 aliphatic heterocycles. The van der Waals surface area contributed by atoms with Crippen LogP contribution in [-0.2, 0) is 30.3 Å². The number of methoxy groups -OCH3 is 3. The highest BCUT2D eigenvalue weighted by atomic mass is 35.5. The van der Waals surface area contributed by atoms with Gasteiger partial charge < -0.3 is 14.2 Å². The molecule has 0 bridgehead atoms. The molecule has 0 spiro atoms. The molecule has 0 amide bonds. The lowest BCUT2D eigenvalue weighted by molar-refractivity contribution is -0.161. The molecule has 33 heavy (non-hydrogen) atoms. The van der Waals surface area contributed by atoms with Gasteiger partial charge in [0, 0.05) is 28.1 Å². The van der Waals surface area contributed by atoms with Gasteiger partial charge in [-0.2, -0.15) is 0 Å². The topological polar surface area (TPSA) is 101 Å². The number of fused-ring (bicyclic) bond motifs is 1. The molecule has 0 unspecified atom stereocenters. The highest BCUT2D eigenvalue weighted by molar-refractivity contribution is 6.30. The van der Waals surface area contributed by atoms with E-state index >= 15 is 0 Å². The molecule has 0 radical (unpaired) electrons. The molecular weight excluding hydrogens is 450 g/mol. The Balaban J connectivity index is 2.15. The maximum Gasteiger partial charge on any atom is 0.327 e. The third-order valence-corrected chi connectivity index (χ3v) is 5.63. The van der Waals surface area contributed by atoms with Gasteiger partial charge in [-0.25, -0.2) is 0 Å². The van der Waals surface area contributed by atoms with Gasteiger partial charge in [0.2, 0.25) is 5.92 Å². The Hall–Kier alpha value is -3.65. The lowest BCUT2D eigenvalue weighted by Gasteiger charge is -2.12. The number of halogens is 1. The summed E-state index contributed by atoms with van der Waals surface area (Å²) in [7, 11) is 3.66. The Morgan fingerprint density at radius 3 is 2.09 bits per heavy atom. The quantitative estimate of drug-likeness (QED) is 0.384. The van der Waals surface area contributed by atoms with Crippen molar-refractivity contribution >= 4 is 46.1 Å². The van der Waals surface area contributed by atoms with Crippen LogP contribution in [0.1, 0.15) is 21.6 Å². The van der Waals surface area contributed by atoms with Crippen LogP contribution >= 0.6 is 11.6 Å². The van der Waals surface area contributed by atoms with E-state index in [4.69, 9.17) is 16.3 Å². The fourth-order valence-corrected chi connectivity index (χ4v) is 3.79. The largest absolute Gasteiger partial charge is 0.497 e. The van der Waals surface area contributed by atoms with Crippen molar-refractivity contribution < 1.29 is 33.4 Å². The van der Waals surface area contributed by atoms with E-state index in [-0.39, 0.29) is 12.3 Å². The van der Waals surface area contributed by atoms with Crippen molar-refractivity contribution in [2.45, 2.75) is 13.3 Å². The molecule has 0 fully saturated rings. The van der Waals surface area contributed by atoms with E-state index in [1.54, 1.807) is 49.4 Å². The first-order valence-corrected chi connectivity index (χ1v) is 10.3. The Morgan fingerprint density at radius 1 is 0.939 bits per heavy atom. The average molecular weight is 472 g/mol. The van der Waals surface area contributed by atoms with E-state index in [1.165, 1.54) is 11.7 Å². The van der Waals surface area contributed by atoms with Crippen LogP contribution in [0.15, 0.2) is 42.5 Å². The lowest BCUT2D eigenvalue weighted by atomic mass is 9.96. The molecule has 9 heteroatoms. The van der Waals surface area contributed by atoms with Gasteiger partial charge in [-0.15, -0.1) is 0 Å². The molecule has 0 aliphatic carbocycles. The number of esters is 2. The molecule has 8 nitrogen and oxygen atoms in total. The van der Waals surface area contributed by atoms with Crippen molar-refractivity contribution in [1.82, 2.24) is 4.57 Å². The van der Waals surface area contributed by atoms with E-state index in [0.29, 0.717) is 38.5 Å². The van der Waals surface area contributed by atoms with Crippen LogP contribution in [0.4, 0.5) is 0 Å². The van der Waals surface area contributed by atoms with Gasteiger partial charge in [-0.05, 0) is 55.0 Å². The minimum atomic E-state index is -1.73. The van der Waals surface area contributed by atoms with Crippen LogP contribution in [-0.4, -0.2) is 49.5 Å². The molecule has 2 aromatic carbocycles. The normalized spacial score (nSPS) is 10.8. The van der Waals surface area contributed by atoms with Crippen molar-refractivity contribution in [2.24, 2.45) is 5.92 Å². The second-order valence-corrected chi connectivity index (χ2v) is 7.65. The first-order valence-electron chi connectivity index (χ1n) is 9.90. The fourth-order valence-electron chi connectivity index (χ4n) is 3.67. The first-order chi connectivity index (χ1) is 15.7. The maximum absolute atomic E-state index is 13.3. The number of nitrogens with zero attached hydrogens (tertiary/aromatic N) is 1. The van der Waals surface area contributed by atoms with Gasteiger partial charge in [0.05, 0.1) is 26.8 Å². The van der Waals surface area contributed by atoms with Crippen LogP contribution in [0.25, 0.3) is 10.9 Å². The van der Waals surface area contributed by atoms with Gasteiger partial charge in [0.15, 0.2) is 5.78 Å². The van der Waals surface area contributed by atoms with Crippen molar-refractivity contribution in [3.8, 4) is 5.75 Å². The van der Waals surface area contributed by atoms with Crippen molar-refractivity contribution in [3.05, 3.63) is 64.3 Å². The number of carbonyl (C=O) groups is 4. The number of ketones is 1. The van der Waals surface area contributed by atoms with Gasteiger partial charge in [-0.1, -0.05) is 11.6 Å². The fraction of sp³-hybridized carbons (Fsp3) is 0.250. The van der Waals surface area contributed by atoms with Crippen molar-refractivity contribution in [1.29, 1.82) is 0 Å². The molecule has 0 aliphatic rings. The summed E-state index contributed by atoms with van der Waals surface area (Å²) in [6.07, 6.45) is -0.300. The average Bonchev–Trinajstić information content (AvgIpc) is 3.09. The number of Topliss-reactive ketones (excluding diaryl/α,β-unsaturated/α-hetero) is 1. The van der Waals surface area contributed by atoms with Gasteiger partial charge >= 0.3 is 11.9 Å². The molecule has 3 aromatic rings. The van der Waals surface area contributed by atoms with E-state index in [9.17, 15) is 19.2 Å². The summed E-state index contributed by atoms with van der Waals surface area (Å²) < 4.78 is 16.0. The number of ether oxygens (including phenoxy) is 3. The zero-order chi connectivity index (χ0) is 24.3. The van der Waals surface area contributed by atoms with E-state index in [0.717, 1.165) is 14.2 Å². The second-order valence-electron chi connectivity index (χ2n) is 7.22. The second kappa shape index (κ2) is 9.87. The number of aromatic nitrogens is 1. The standard InChI is InChI=1S/C24H22ClNO7/c1-13-17(12-20(27)21(23(29)32-3)24(30)33-4)18-11-16(31-2)9-10-19(18)26(13)22(28)14-5-7-15(25)8-6-14/h5-11,21H,12H2,1-4H3. The summed E-state index contributed by atoms with van der Waals surface area (Å²) in [6.45, 7) is 1.69. The monoisotopic (exact) mass is 471 g/mol. The van der Waals surface area contributed by atoms with E-state index < -0.39 is 23.6 Å². The van der Waals surface area contributed by atoms with Gasteiger partial charge in [0.1, 0.15) is 5.75 Å². The predicted molar refractivity (Wildman–Crippen MR) is 121 cm³/mol. The Kier molecular flexibility index (Phi) is 7.18. The zero-order valence-corrected chi connectivity index (χ0v) is 19.3. The number of benzene rings is 2. The first kappa shape index (κ1) is 24.0. The van der Waals surface area contributed by atoms with Crippen LogP contribution in [0, 0.1) is 12.8 Å². The molecule has 0 saturated carbocycles. The summed E-state index contributed by atoms with van der Waals surface area (Å²) in [5, 5.41) is 1.07. The van der Waals surface area contributed by atoms with Crippen LogP contribution in [0.2, 0.25) is 5.02 Å². The molecule has 1 heterocycles. The molecule has 0 saturated heterocycles. The number of hydrogen-bond acceptors (Lipinski definition) is 7. The number of rotatable bonds is 7. The Bertz CT molecular complexity index is 1230. The number of carbonyl (C=O) groups excluding carboxylic acids is 4. The van der Waals surface area contributed by atoms with Crippen LogP contribution < -0.4 is 4.74 Å². The van der Waals surface area contributed by atoms with Crippen molar-refractivity contribution in [2.75, 3.05) is 21.3 Å². The molecule has 0 atom stereocenters. The third-order valence-electron chi connectivity index (χ3n) is 5.38. The highest BCUT2D eigenvalue weighted by Gasteiger charge is 2.37. The summed E-state index contributed by atoms with van der Waals surface area (Å²) >= 11 is 5.94. The summed E-state index contributed by atoms with van der Waals surface area (Å²) in [6, 6.07) is 11.5.